The van der Waals surface area contributed by atoms with E-state index in [1.807, 2.05) is 26.8 Å². The van der Waals surface area contributed by atoms with E-state index in [1.54, 1.807) is 36.4 Å². The lowest BCUT2D eigenvalue weighted by atomic mass is 10.0. The standard InChI is InChI=1S/C17H18O2/c1-12(2)15-10-9-13(3)11-16(15)19-17(18)14-7-5-4-6-8-14/h4-12H,1-3H3/i9D. The minimum atomic E-state index is -0.371. The van der Waals surface area contributed by atoms with Crippen molar-refractivity contribution in [3.05, 3.63) is 65.2 Å². The van der Waals surface area contributed by atoms with E-state index in [2.05, 4.69) is 0 Å². The summed E-state index contributed by atoms with van der Waals surface area (Å²) in [6.07, 6.45) is 0. The highest BCUT2D eigenvalue weighted by molar-refractivity contribution is 5.91. The molecule has 0 radical (unpaired) electrons. The highest BCUT2D eigenvalue weighted by Gasteiger charge is 2.13. The highest BCUT2D eigenvalue weighted by atomic mass is 16.5. The van der Waals surface area contributed by atoms with Crippen LogP contribution in [0.25, 0.3) is 0 Å². The molecule has 2 aromatic carbocycles. The SMILES string of the molecule is [2H]c1cc(C(C)C)c(OC(=O)c2ccccc2)cc1C. The molecule has 0 heterocycles. The zero-order valence-corrected chi connectivity index (χ0v) is 11.4. The van der Waals surface area contributed by atoms with Crippen molar-refractivity contribution in [2.24, 2.45) is 0 Å². The Balaban J connectivity index is 2.34. The van der Waals surface area contributed by atoms with Gasteiger partial charge in [-0.05, 0) is 42.2 Å². The fourth-order valence-corrected chi connectivity index (χ4v) is 1.86. The minimum Gasteiger partial charge on any atom is -0.423 e. The summed E-state index contributed by atoms with van der Waals surface area (Å²) in [5.74, 6) is 0.366. The third kappa shape index (κ3) is 3.22. The molecule has 2 heteroatoms. The molecule has 0 aromatic heterocycles. The van der Waals surface area contributed by atoms with E-state index in [0.717, 1.165) is 11.1 Å². The quantitative estimate of drug-likeness (QED) is 0.602. The summed E-state index contributed by atoms with van der Waals surface area (Å²) in [5.41, 5.74) is 2.20. The van der Waals surface area contributed by atoms with E-state index in [1.165, 1.54) is 0 Å². The van der Waals surface area contributed by atoms with Gasteiger partial charge in [0, 0.05) is 0 Å². The van der Waals surface area contributed by atoms with Gasteiger partial charge in [-0.2, -0.15) is 0 Å². The molecule has 0 saturated carbocycles. The van der Waals surface area contributed by atoms with Gasteiger partial charge in [-0.15, -0.1) is 0 Å². The number of rotatable bonds is 3. The van der Waals surface area contributed by atoms with Crippen LogP contribution in [0.5, 0.6) is 5.75 Å². The van der Waals surface area contributed by atoms with E-state index in [4.69, 9.17) is 6.11 Å². The average Bonchev–Trinajstić information content (AvgIpc) is 2.43. The van der Waals surface area contributed by atoms with Gasteiger partial charge < -0.3 is 4.74 Å². The van der Waals surface area contributed by atoms with Gasteiger partial charge in [0.05, 0.1) is 6.93 Å². The van der Waals surface area contributed by atoms with Crippen LogP contribution in [-0.4, -0.2) is 5.97 Å². The number of carbonyl (C=O) groups is 1. The number of ether oxygens (including phenoxy) is 1. The van der Waals surface area contributed by atoms with Crippen LogP contribution < -0.4 is 4.74 Å². The molecule has 0 amide bonds. The first-order chi connectivity index (χ1) is 9.49. The van der Waals surface area contributed by atoms with E-state index < -0.39 is 0 Å². The first-order valence-corrected chi connectivity index (χ1v) is 6.37. The Morgan fingerprint density at radius 1 is 1.21 bits per heavy atom. The van der Waals surface area contributed by atoms with Crippen LogP contribution in [0.1, 0.15) is 42.6 Å². The summed E-state index contributed by atoms with van der Waals surface area (Å²) in [6, 6.07) is 12.9. The van der Waals surface area contributed by atoms with Crippen LogP contribution in [0.4, 0.5) is 0 Å². The first-order valence-electron chi connectivity index (χ1n) is 6.87. The lowest BCUT2D eigenvalue weighted by Crippen LogP contribution is -2.10. The topological polar surface area (TPSA) is 26.3 Å². The molecule has 2 aromatic rings. The molecule has 0 N–H and O–H groups in total. The van der Waals surface area contributed by atoms with Crippen molar-refractivity contribution >= 4 is 5.97 Å². The average molecular weight is 255 g/mol. The number of carbonyl (C=O) groups excluding carboxylic acids is 1. The van der Waals surface area contributed by atoms with Crippen LogP contribution >= 0.6 is 0 Å². The Bertz CT molecular complexity index is 618. The van der Waals surface area contributed by atoms with Gasteiger partial charge in [0.2, 0.25) is 0 Å². The van der Waals surface area contributed by atoms with Crippen LogP contribution in [0.3, 0.4) is 0 Å². The molecular formula is C17H18O2. The van der Waals surface area contributed by atoms with Crippen LogP contribution in [-0.2, 0) is 0 Å². The zero-order chi connectivity index (χ0) is 14.7. The largest absolute Gasteiger partial charge is 0.423 e. The van der Waals surface area contributed by atoms with Crippen molar-refractivity contribution in [3.63, 3.8) is 0 Å². The molecule has 2 rings (SSSR count). The maximum absolute atomic E-state index is 12.1. The molecule has 0 atom stereocenters. The molecule has 0 spiro atoms. The number of aryl methyl sites for hydroxylation is 1. The molecule has 0 saturated heterocycles. The number of esters is 1. The summed E-state index contributed by atoms with van der Waals surface area (Å²) in [5, 5.41) is 0. The second kappa shape index (κ2) is 5.70. The molecule has 2 nitrogen and oxygen atoms in total. The van der Waals surface area contributed by atoms with Crippen molar-refractivity contribution in [1.82, 2.24) is 0 Å². The summed E-state index contributed by atoms with van der Waals surface area (Å²) < 4.78 is 13.4. The monoisotopic (exact) mass is 255 g/mol. The van der Waals surface area contributed by atoms with Gasteiger partial charge >= 0.3 is 5.97 Å². The summed E-state index contributed by atoms with van der Waals surface area (Å²) >= 11 is 0. The molecular weight excluding hydrogens is 236 g/mol. The Morgan fingerprint density at radius 2 is 1.89 bits per heavy atom. The first kappa shape index (κ1) is 12.0. The number of hydrogen-bond acceptors (Lipinski definition) is 2. The Hall–Kier alpha value is -2.09. The van der Waals surface area contributed by atoms with E-state index in [0.29, 0.717) is 17.4 Å². The van der Waals surface area contributed by atoms with Gasteiger partial charge in [0.1, 0.15) is 5.75 Å². The van der Waals surface area contributed by atoms with Gasteiger partial charge in [0.25, 0.3) is 0 Å². The number of benzene rings is 2. The van der Waals surface area contributed by atoms with Crippen LogP contribution in [0, 0.1) is 6.92 Å². The van der Waals surface area contributed by atoms with Crippen molar-refractivity contribution in [3.8, 4) is 5.75 Å². The van der Waals surface area contributed by atoms with Crippen molar-refractivity contribution in [2.75, 3.05) is 0 Å². The molecule has 0 unspecified atom stereocenters. The van der Waals surface area contributed by atoms with Crippen molar-refractivity contribution in [1.29, 1.82) is 0 Å². The molecule has 19 heavy (non-hydrogen) atoms. The van der Waals surface area contributed by atoms with Crippen molar-refractivity contribution in [2.45, 2.75) is 26.7 Å². The van der Waals surface area contributed by atoms with Gasteiger partial charge in [-0.1, -0.05) is 44.2 Å². The van der Waals surface area contributed by atoms with Crippen molar-refractivity contribution < 1.29 is 10.9 Å². The highest BCUT2D eigenvalue weighted by Crippen LogP contribution is 2.28. The summed E-state index contributed by atoms with van der Waals surface area (Å²) in [7, 11) is 0. The summed E-state index contributed by atoms with van der Waals surface area (Å²) in [6.45, 7) is 5.88. The normalized spacial score (nSPS) is 11.3. The van der Waals surface area contributed by atoms with Gasteiger partial charge in [-0.25, -0.2) is 4.79 Å². The molecule has 0 aliphatic rings. The Labute approximate surface area is 115 Å². The molecule has 0 aliphatic carbocycles. The Morgan fingerprint density at radius 3 is 2.53 bits per heavy atom. The molecule has 0 bridgehead atoms. The van der Waals surface area contributed by atoms with E-state index in [-0.39, 0.29) is 11.9 Å². The minimum absolute atomic E-state index is 0.193. The van der Waals surface area contributed by atoms with Gasteiger partial charge in [0.15, 0.2) is 0 Å². The lowest BCUT2D eigenvalue weighted by Gasteiger charge is -2.13. The zero-order valence-electron chi connectivity index (χ0n) is 12.4. The predicted octanol–water partition coefficient (Wildman–Crippen LogP) is 4.34. The van der Waals surface area contributed by atoms with E-state index >= 15 is 0 Å². The molecule has 0 fully saturated rings. The predicted molar refractivity (Wildman–Crippen MR) is 76.7 cm³/mol. The summed E-state index contributed by atoms with van der Waals surface area (Å²) in [4.78, 5) is 12.1. The van der Waals surface area contributed by atoms with Gasteiger partial charge in [-0.3, -0.25) is 0 Å². The molecule has 0 aliphatic heterocycles. The lowest BCUT2D eigenvalue weighted by molar-refractivity contribution is 0.0733. The van der Waals surface area contributed by atoms with Crippen LogP contribution in [0.2, 0.25) is 0 Å². The second-order valence-electron chi connectivity index (χ2n) is 4.85. The van der Waals surface area contributed by atoms with E-state index in [9.17, 15) is 4.79 Å². The fourth-order valence-electron chi connectivity index (χ4n) is 1.86. The number of hydrogen-bond donors (Lipinski definition) is 0. The van der Waals surface area contributed by atoms with Crippen LogP contribution in [0.15, 0.2) is 48.5 Å². The maximum Gasteiger partial charge on any atom is 0.343 e. The third-order valence-corrected chi connectivity index (χ3v) is 2.92. The third-order valence-electron chi connectivity index (χ3n) is 2.92. The smallest absolute Gasteiger partial charge is 0.343 e. The fraction of sp³-hybridized carbons (Fsp3) is 0.235. The molecule has 98 valence electrons. The second-order valence-corrected chi connectivity index (χ2v) is 4.85. The maximum atomic E-state index is 12.1. The Kier molecular flexibility index (Phi) is 3.59.